The van der Waals surface area contributed by atoms with Crippen molar-refractivity contribution in [1.29, 1.82) is 0 Å². The molecule has 4 heteroatoms. The highest BCUT2D eigenvalue weighted by Crippen LogP contribution is 2.26. The maximum Gasteiger partial charge on any atom is 0.136 e. The van der Waals surface area contributed by atoms with Crippen LogP contribution in [0.4, 0.5) is 4.39 Å². The predicted molar refractivity (Wildman–Crippen MR) is 85.4 cm³/mol. The van der Waals surface area contributed by atoms with Crippen molar-refractivity contribution in [3.63, 3.8) is 0 Å². The van der Waals surface area contributed by atoms with Crippen molar-refractivity contribution in [3.8, 4) is 17.0 Å². The molecule has 0 saturated heterocycles. The van der Waals surface area contributed by atoms with E-state index in [1.165, 1.54) is 12.3 Å². The zero-order chi connectivity index (χ0) is 15.4. The van der Waals surface area contributed by atoms with Crippen LogP contribution in [0, 0.1) is 5.82 Å². The second-order valence-corrected chi connectivity index (χ2v) is 5.21. The Morgan fingerprint density at radius 1 is 1.00 bits per heavy atom. The molecule has 1 heterocycles. The van der Waals surface area contributed by atoms with Crippen LogP contribution < -0.4 is 4.74 Å². The lowest BCUT2D eigenvalue weighted by molar-refractivity contribution is 0.304. The van der Waals surface area contributed by atoms with Crippen molar-refractivity contribution in [1.82, 2.24) is 4.98 Å². The standard InChI is InChI=1S/C18H13ClFNO/c19-14-6-9-18(21-11-14)16-8-7-15(10-17(16)20)22-12-13-4-2-1-3-5-13/h1-11H,12H2. The van der Waals surface area contributed by atoms with Gasteiger partial charge in [0.1, 0.15) is 18.2 Å². The maximum atomic E-state index is 14.2. The molecule has 22 heavy (non-hydrogen) atoms. The number of pyridine rings is 1. The highest BCUT2D eigenvalue weighted by molar-refractivity contribution is 6.30. The van der Waals surface area contributed by atoms with Gasteiger partial charge in [-0.3, -0.25) is 4.98 Å². The molecule has 110 valence electrons. The molecule has 0 aliphatic carbocycles. The molecule has 0 unspecified atom stereocenters. The van der Waals surface area contributed by atoms with Gasteiger partial charge in [0, 0.05) is 17.8 Å². The molecule has 0 N–H and O–H groups in total. The Hall–Kier alpha value is -2.39. The number of benzene rings is 2. The molecule has 2 aromatic carbocycles. The summed E-state index contributed by atoms with van der Waals surface area (Å²) in [4.78, 5) is 4.12. The SMILES string of the molecule is Fc1cc(OCc2ccccc2)ccc1-c1ccc(Cl)cn1. The highest BCUT2D eigenvalue weighted by Gasteiger charge is 2.08. The summed E-state index contributed by atoms with van der Waals surface area (Å²) < 4.78 is 19.8. The Balaban J connectivity index is 1.76. The molecular weight excluding hydrogens is 301 g/mol. The normalized spacial score (nSPS) is 10.5. The van der Waals surface area contributed by atoms with Crippen LogP contribution in [0.5, 0.6) is 5.75 Å². The summed E-state index contributed by atoms with van der Waals surface area (Å²) in [7, 11) is 0. The van der Waals surface area contributed by atoms with E-state index in [1.54, 1.807) is 24.3 Å². The van der Waals surface area contributed by atoms with Gasteiger partial charge in [0.05, 0.1) is 10.7 Å². The molecule has 0 saturated carbocycles. The predicted octanol–water partition coefficient (Wildman–Crippen LogP) is 5.12. The van der Waals surface area contributed by atoms with Crippen LogP contribution in [-0.4, -0.2) is 4.98 Å². The summed E-state index contributed by atoms with van der Waals surface area (Å²) in [6, 6.07) is 17.9. The van der Waals surface area contributed by atoms with Crippen molar-refractivity contribution >= 4 is 11.6 Å². The average Bonchev–Trinajstić information content (AvgIpc) is 2.55. The van der Waals surface area contributed by atoms with E-state index >= 15 is 0 Å². The van der Waals surface area contributed by atoms with E-state index in [-0.39, 0.29) is 5.82 Å². The van der Waals surface area contributed by atoms with Gasteiger partial charge in [0.15, 0.2) is 0 Å². The topological polar surface area (TPSA) is 22.1 Å². The smallest absolute Gasteiger partial charge is 0.136 e. The van der Waals surface area contributed by atoms with E-state index < -0.39 is 0 Å². The second-order valence-electron chi connectivity index (χ2n) is 4.78. The molecule has 0 aliphatic rings. The lowest BCUT2D eigenvalue weighted by atomic mass is 10.1. The van der Waals surface area contributed by atoms with E-state index in [0.717, 1.165) is 5.56 Å². The average molecular weight is 314 g/mol. The Bertz CT molecular complexity index is 760. The Kier molecular flexibility index (Phi) is 4.35. The molecule has 3 aromatic rings. The lowest BCUT2D eigenvalue weighted by Gasteiger charge is -2.08. The van der Waals surface area contributed by atoms with Crippen LogP contribution in [0.1, 0.15) is 5.56 Å². The van der Waals surface area contributed by atoms with Crippen LogP contribution in [-0.2, 0) is 6.61 Å². The van der Waals surface area contributed by atoms with Gasteiger partial charge in [0.2, 0.25) is 0 Å². The minimum Gasteiger partial charge on any atom is -0.489 e. The summed E-state index contributed by atoms with van der Waals surface area (Å²) in [5, 5.41) is 0.520. The van der Waals surface area contributed by atoms with Gasteiger partial charge in [-0.2, -0.15) is 0 Å². The molecular formula is C18H13ClFNO. The number of nitrogens with zero attached hydrogens (tertiary/aromatic N) is 1. The quantitative estimate of drug-likeness (QED) is 0.667. The zero-order valence-corrected chi connectivity index (χ0v) is 12.4. The van der Waals surface area contributed by atoms with Crippen LogP contribution in [0.15, 0.2) is 66.9 Å². The van der Waals surface area contributed by atoms with Gasteiger partial charge in [-0.05, 0) is 29.8 Å². The van der Waals surface area contributed by atoms with Gasteiger partial charge in [-0.15, -0.1) is 0 Å². The lowest BCUT2D eigenvalue weighted by Crippen LogP contribution is -1.96. The number of ether oxygens (including phenoxy) is 1. The first-order chi connectivity index (χ1) is 10.7. The van der Waals surface area contributed by atoms with Crippen LogP contribution in [0.25, 0.3) is 11.3 Å². The summed E-state index contributed by atoms with van der Waals surface area (Å²) in [5.41, 5.74) is 1.99. The van der Waals surface area contributed by atoms with E-state index in [1.807, 2.05) is 30.3 Å². The van der Waals surface area contributed by atoms with Crippen molar-refractivity contribution in [3.05, 3.63) is 83.3 Å². The molecule has 0 radical (unpaired) electrons. The summed E-state index contributed by atoms with van der Waals surface area (Å²) in [5.74, 6) is 0.111. The molecule has 1 aromatic heterocycles. The van der Waals surface area contributed by atoms with Gasteiger partial charge in [-0.1, -0.05) is 41.9 Å². The van der Waals surface area contributed by atoms with E-state index in [2.05, 4.69) is 4.98 Å². The third-order valence-corrected chi connectivity index (χ3v) is 3.42. The Labute approximate surface area is 133 Å². The largest absolute Gasteiger partial charge is 0.489 e. The summed E-state index contributed by atoms with van der Waals surface area (Å²) in [6.45, 7) is 0.402. The zero-order valence-electron chi connectivity index (χ0n) is 11.7. The number of hydrogen-bond acceptors (Lipinski definition) is 2. The summed E-state index contributed by atoms with van der Waals surface area (Å²) >= 11 is 5.79. The minimum absolute atomic E-state index is 0.375. The Morgan fingerprint density at radius 3 is 2.50 bits per heavy atom. The van der Waals surface area contributed by atoms with Crippen LogP contribution in [0.2, 0.25) is 5.02 Å². The van der Waals surface area contributed by atoms with E-state index in [0.29, 0.717) is 28.6 Å². The van der Waals surface area contributed by atoms with Crippen molar-refractivity contribution < 1.29 is 9.13 Å². The highest BCUT2D eigenvalue weighted by atomic mass is 35.5. The molecule has 0 aliphatic heterocycles. The monoisotopic (exact) mass is 313 g/mol. The number of halogens is 2. The second kappa shape index (κ2) is 6.58. The van der Waals surface area contributed by atoms with Gasteiger partial charge in [-0.25, -0.2) is 4.39 Å². The molecule has 3 rings (SSSR count). The molecule has 0 bridgehead atoms. The van der Waals surface area contributed by atoms with Crippen molar-refractivity contribution in [2.45, 2.75) is 6.61 Å². The first kappa shape index (κ1) is 14.5. The minimum atomic E-state index is -0.375. The third kappa shape index (κ3) is 3.43. The number of rotatable bonds is 4. The van der Waals surface area contributed by atoms with E-state index in [9.17, 15) is 4.39 Å². The first-order valence-electron chi connectivity index (χ1n) is 6.80. The molecule has 0 amide bonds. The third-order valence-electron chi connectivity index (χ3n) is 3.19. The van der Waals surface area contributed by atoms with E-state index in [4.69, 9.17) is 16.3 Å². The molecule has 0 spiro atoms. The fraction of sp³-hybridized carbons (Fsp3) is 0.0556. The maximum absolute atomic E-state index is 14.2. The van der Waals surface area contributed by atoms with Crippen LogP contribution in [0.3, 0.4) is 0 Å². The number of hydrogen-bond donors (Lipinski definition) is 0. The molecule has 0 atom stereocenters. The summed E-state index contributed by atoms with van der Waals surface area (Å²) in [6.07, 6.45) is 1.50. The first-order valence-corrected chi connectivity index (χ1v) is 7.18. The molecule has 0 fully saturated rings. The van der Waals surface area contributed by atoms with Gasteiger partial charge >= 0.3 is 0 Å². The fourth-order valence-electron chi connectivity index (χ4n) is 2.07. The van der Waals surface area contributed by atoms with Crippen molar-refractivity contribution in [2.75, 3.05) is 0 Å². The van der Waals surface area contributed by atoms with Gasteiger partial charge in [0.25, 0.3) is 0 Å². The Morgan fingerprint density at radius 2 is 1.82 bits per heavy atom. The van der Waals surface area contributed by atoms with Crippen molar-refractivity contribution in [2.24, 2.45) is 0 Å². The number of aromatic nitrogens is 1. The van der Waals surface area contributed by atoms with Crippen LogP contribution >= 0.6 is 11.6 Å². The molecule has 2 nitrogen and oxygen atoms in total. The fourth-order valence-corrected chi connectivity index (χ4v) is 2.18. The van der Waals surface area contributed by atoms with Gasteiger partial charge < -0.3 is 4.74 Å².